The molecule has 0 aliphatic rings. The predicted octanol–water partition coefficient (Wildman–Crippen LogP) is 3.76. The van der Waals surface area contributed by atoms with Crippen molar-refractivity contribution in [3.8, 4) is 22.1 Å². The monoisotopic (exact) mass is 409 g/mol. The molecule has 0 fully saturated rings. The van der Waals surface area contributed by atoms with Crippen LogP contribution in [-0.4, -0.2) is 34.6 Å². The lowest BCUT2D eigenvalue weighted by molar-refractivity contribution is -0.144. The summed E-state index contributed by atoms with van der Waals surface area (Å²) in [6, 6.07) is 11.3. The zero-order valence-electron chi connectivity index (χ0n) is 16.0. The normalized spacial score (nSPS) is 10.8. The second kappa shape index (κ2) is 8.32. The van der Waals surface area contributed by atoms with E-state index in [2.05, 4.69) is 9.97 Å². The van der Waals surface area contributed by atoms with Crippen LogP contribution in [0.5, 0.6) is 11.5 Å². The molecular formula is C21H19N3O4S. The Balaban J connectivity index is 1.39. The summed E-state index contributed by atoms with van der Waals surface area (Å²) in [5.41, 5.74) is 3.09. The van der Waals surface area contributed by atoms with Gasteiger partial charge in [-0.2, -0.15) is 0 Å². The lowest BCUT2D eigenvalue weighted by Crippen LogP contribution is -2.08. The quantitative estimate of drug-likeness (QED) is 0.433. The number of thiazole rings is 1. The number of fused-ring (bicyclic) bond motifs is 1. The van der Waals surface area contributed by atoms with Gasteiger partial charge in [-0.25, -0.2) is 9.97 Å². The molecule has 0 aliphatic heterocycles. The molecule has 0 aliphatic carbocycles. The number of imidazole rings is 1. The number of ether oxygens (including phenoxy) is 3. The second-order valence-corrected chi connectivity index (χ2v) is 7.11. The number of carbonyl (C=O) groups excluding carboxylic acids is 1. The van der Waals surface area contributed by atoms with E-state index in [1.807, 2.05) is 58.6 Å². The maximum Gasteiger partial charge on any atom is 0.312 e. The van der Waals surface area contributed by atoms with Gasteiger partial charge in [-0.1, -0.05) is 6.07 Å². The molecule has 0 atom stereocenters. The van der Waals surface area contributed by atoms with E-state index in [1.165, 1.54) is 11.3 Å². The number of nitrogens with zero attached hydrogens (tertiary/aromatic N) is 3. The van der Waals surface area contributed by atoms with Crippen molar-refractivity contribution < 1.29 is 19.0 Å². The summed E-state index contributed by atoms with van der Waals surface area (Å²) < 4.78 is 17.8. The van der Waals surface area contributed by atoms with Gasteiger partial charge in [-0.05, 0) is 30.3 Å². The summed E-state index contributed by atoms with van der Waals surface area (Å²) in [5.74, 6) is 0.948. The van der Waals surface area contributed by atoms with E-state index in [9.17, 15) is 4.79 Å². The van der Waals surface area contributed by atoms with Crippen molar-refractivity contribution in [2.75, 3.05) is 14.2 Å². The van der Waals surface area contributed by atoms with Gasteiger partial charge in [0.25, 0.3) is 0 Å². The van der Waals surface area contributed by atoms with E-state index in [-0.39, 0.29) is 19.0 Å². The molecule has 3 heterocycles. The molecule has 0 saturated heterocycles. The molecule has 0 saturated carbocycles. The summed E-state index contributed by atoms with van der Waals surface area (Å²) in [5, 5.41) is 2.66. The molecule has 0 N–H and O–H groups in total. The molecule has 0 unspecified atom stereocenters. The van der Waals surface area contributed by atoms with Gasteiger partial charge in [0.2, 0.25) is 0 Å². The molecule has 0 bridgehead atoms. The van der Waals surface area contributed by atoms with Crippen LogP contribution in [0.15, 0.2) is 54.2 Å². The Morgan fingerprint density at radius 1 is 1.07 bits per heavy atom. The van der Waals surface area contributed by atoms with Gasteiger partial charge in [-0.3, -0.25) is 4.79 Å². The zero-order chi connectivity index (χ0) is 20.2. The van der Waals surface area contributed by atoms with E-state index in [0.717, 1.165) is 16.2 Å². The SMILES string of the molecule is COc1ccc(-c2nc(CC(=O)OCc3cn4ccccc4n3)cs2)cc1OC. The maximum atomic E-state index is 12.2. The summed E-state index contributed by atoms with van der Waals surface area (Å²) >= 11 is 1.46. The van der Waals surface area contributed by atoms with Crippen LogP contribution in [0.25, 0.3) is 16.2 Å². The fourth-order valence-corrected chi connectivity index (χ4v) is 3.72. The van der Waals surface area contributed by atoms with Crippen LogP contribution in [-0.2, 0) is 22.6 Å². The lowest BCUT2D eigenvalue weighted by Gasteiger charge is -2.08. The minimum Gasteiger partial charge on any atom is -0.493 e. The van der Waals surface area contributed by atoms with Crippen LogP contribution in [0, 0.1) is 0 Å². The first-order chi connectivity index (χ1) is 14.2. The van der Waals surface area contributed by atoms with Gasteiger partial charge in [0, 0.05) is 23.3 Å². The van der Waals surface area contributed by atoms with Crippen LogP contribution in [0.1, 0.15) is 11.4 Å². The Bertz CT molecular complexity index is 1120. The second-order valence-electron chi connectivity index (χ2n) is 6.25. The van der Waals surface area contributed by atoms with Crippen molar-refractivity contribution in [3.63, 3.8) is 0 Å². The number of hydrogen-bond acceptors (Lipinski definition) is 7. The third-order valence-corrected chi connectivity index (χ3v) is 5.24. The number of esters is 1. The molecule has 0 amide bonds. The smallest absolute Gasteiger partial charge is 0.312 e. The van der Waals surface area contributed by atoms with E-state index >= 15 is 0 Å². The Kier molecular flexibility index (Phi) is 5.44. The van der Waals surface area contributed by atoms with Gasteiger partial charge < -0.3 is 18.6 Å². The Morgan fingerprint density at radius 3 is 2.72 bits per heavy atom. The number of carbonyl (C=O) groups is 1. The Hall–Kier alpha value is -3.39. The van der Waals surface area contributed by atoms with Gasteiger partial charge in [0.15, 0.2) is 11.5 Å². The number of benzene rings is 1. The molecule has 0 spiro atoms. The first-order valence-corrected chi connectivity index (χ1v) is 9.79. The van der Waals surface area contributed by atoms with Crippen LogP contribution < -0.4 is 9.47 Å². The molecular weight excluding hydrogens is 390 g/mol. The van der Waals surface area contributed by atoms with E-state index < -0.39 is 0 Å². The van der Waals surface area contributed by atoms with Crippen LogP contribution in [0.4, 0.5) is 0 Å². The van der Waals surface area contributed by atoms with E-state index in [1.54, 1.807) is 14.2 Å². The fraction of sp³-hybridized carbons (Fsp3) is 0.190. The first kappa shape index (κ1) is 18.9. The highest BCUT2D eigenvalue weighted by molar-refractivity contribution is 7.13. The third-order valence-electron chi connectivity index (χ3n) is 4.30. The first-order valence-electron chi connectivity index (χ1n) is 8.91. The van der Waals surface area contributed by atoms with Crippen molar-refractivity contribution >= 4 is 23.0 Å². The minimum atomic E-state index is -0.341. The zero-order valence-corrected chi connectivity index (χ0v) is 16.8. The molecule has 0 radical (unpaired) electrons. The van der Waals surface area contributed by atoms with Gasteiger partial charge in [-0.15, -0.1) is 11.3 Å². The Morgan fingerprint density at radius 2 is 1.93 bits per heavy atom. The third kappa shape index (κ3) is 4.22. The summed E-state index contributed by atoms with van der Waals surface area (Å²) in [4.78, 5) is 21.2. The molecule has 29 heavy (non-hydrogen) atoms. The van der Waals surface area contributed by atoms with Gasteiger partial charge >= 0.3 is 5.97 Å². The standard InChI is InChI=1S/C21H19N3O4S/c1-26-17-7-6-14(9-18(17)27-2)21-23-15(13-29-21)10-20(25)28-12-16-11-24-8-4-3-5-19(24)22-16/h3-9,11,13H,10,12H2,1-2H3. The molecule has 8 heteroatoms. The number of rotatable bonds is 7. The lowest BCUT2D eigenvalue weighted by atomic mass is 10.2. The van der Waals surface area contributed by atoms with Crippen molar-refractivity contribution in [1.29, 1.82) is 0 Å². The van der Waals surface area contributed by atoms with Crippen LogP contribution in [0.3, 0.4) is 0 Å². The van der Waals surface area contributed by atoms with E-state index in [0.29, 0.717) is 22.9 Å². The number of hydrogen-bond donors (Lipinski definition) is 0. The highest BCUT2D eigenvalue weighted by Crippen LogP contribution is 2.33. The molecule has 7 nitrogen and oxygen atoms in total. The summed E-state index contributed by atoms with van der Waals surface area (Å²) in [7, 11) is 3.19. The largest absolute Gasteiger partial charge is 0.493 e. The average Bonchev–Trinajstić information content (AvgIpc) is 3.38. The topological polar surface area (TPSA) is 75.0 Å². The van der Waals surface area contributed by atoms with Crippen LogP contribution in [0.2, 0.25) is 0 Å². The van der Waals surface area contributed by atoms with Gasteiger partial charge in [0.05, 0.1) is 32.0 Å². The predicted molar refractivity (Wildman–Crippen MR) is 109 cm³/mol. The molecule has 4 aromatic rings. The molecule has 4 rings (SSSR count). The highest BCUT2D eigenvalue weighted by Gasteiger charge is 2.13. The van der Waals surface area contributed by atoms with Crippen molar-refractivity contribution in [3.05, 3.63) is 65.6 Å². The van der Waals surface area contributed by atoms with Crippen LogP contribution >= 0.6 is 11.3 Å². The fourth-order valence-electron chi connectivity index (χ4n) is 2.90. The number of methoxy groups -OCH3 is 2. The minimum absolute atomic E-state index is 0.108. The number of pyridine rings is 1. The van der Waals surface area contributed by atoms with Crippen molar-refractivity contribution in [2.45, 2.75) is 13.0 Å². The molecule has 3 aromatic heterocycles. The van der Waals surface area contributed by atoms with Crippen molar-refractivity contribution in [2.24, 2.45) is 0 Å². The van der Waals surface area contributed by atoms with Gasteiger partial charge in [0.1, 0.15) is 17.3 Å². The highest BCUT2D eigenvalue weighted by atomic mass is 32.1. The van der Waals surface area contributed by atoms with E-state index in [4.69, 9.17) is 14.2 Å². The number of aromatic nitrogens is 3. The summed E-state index contributed by atoms with van der Waals surface area (Å²) in [6.45, 7) is 0.132. The molecule has 1 aromatic carbocycles. The van der Waals surface area contributed by atoms with Crippen molar-refractivity contribution in [1.82, 2.24) is 14.4 Å². The summed E-state index contributed by atoms with van der Waals surface area (Å²) in [6.07, 6.45) is 3.86. The average molecular weight is 409 g/mol. The Labute approximate surface area is 171 Å². The molecule has 148 valence electrons. The maximum absolute atomic E-state index is 12.2.